The first-order chi connectivity index (χ1) is 16.1. The fraction of sp³-hybridized carbons (Fsp3) is 0.269. The summed E-state index contributed by atoms with van der Waals surface area (Å²) >= 11 is 1.62. The quantitative estimate of drug-likeness (QED) is 0.445. The second-order valence-electron chi connectivity index (χ2n) is 8.23. The van der Waals surface area contributed by atoms with E-state index in [-0.39, 0.29) is 11.5 Å². The van der Waals surface area contributed by atoms with Crippen LogP contribution in [0.3, 0.4) is 0 Å². The van der Waals surface area contributed by atoms with Gasteiger partial charge in [-0.1, -0.05) is 42.5 Å². The van der Waals surface area contributed by atoms with Crippen molar-refractivity contribution in [1.29, 1.82) is 0 Å². The molecule has 0 radical (unpaired) electrons. The average molecular weight is 460 g/mol. The van der Waals surface area contributed by atoms with Gasteiger partial charge in [-0.2, -0.15) is 0 Å². The summed E-state index contributed by atoms with van der Waals surface area (Å²) in [5.41, 5.74) is 2.33. The minimum Gasteiger partial charge on any atom is -0.495 e. The van der Waals surface area contributed by atoms with Crippen LogP contribution in [0.1, 0.15) is 36.2 Å². The van der Waals surface area contributed by atoms with Gasteiger partial charge < -0.3 is 10.1 Å². The molecule has 0 saturated heterocycles. The fourth-order valence-electron chi connectivity index (χ4n) is 4.47. The molecular formula is C26H25N3O3S. The third-order valence-corrected chi connectivity index (χ3v) is 7.37. The molecule has 2 aromatic heterocycles. The highest BCUT2D eigenvalue weighted by molar-refractivity contribution is 7.18. The van der Waals surface area contributed by atoms with Crippen LogP contribution in [0.2, 0.25) is 0 Å². The number of ether oxygens (including phenoxy) is 1. The van der Waals surface area contributed by atoms with Crippen molar-refractivity contribution < 1.29 is 9.53 Å². The second-order valence-corrected chi connectivity index (χ2v) is 9.32. The zero-order valence-electron chi connectivity index (χ0n) is 18.6. The summed E-state index contributed by atoms with van der Waals surface area (Å²) in [7, 11) is 1.56. The Morgan fingerprint density at radius 3 is 2.61 bits per heavy atom. The summed E-state index contributed by atoms with van der Waals surface area (Å²) < 4.78 is 6.91. The smallest absolute Gasteiger partial charge is 0.263 e. The number of hydrogen-bond donors (Lipinski definition) is 1. The highest BCUT2D eigenvalue weighted by Crippen LogP contribution is 2.35. The van der Waals surface area contributed by atoms with E-state index in [9.17, 15) is 9.59 Å². The number of nitrogens with zero attached hydrogens (tertiary/aromatic N) is 2. The van der Waals surface area contributed by atoms with Crippen LogP contribution < -0.4 is 15.6 Å². The van der Waals surface area contributed by atoms with E-state index in [2.05, 4.69) is 5.32 Å². The van der Waals surface area contributed by atoms with Crippen molar-refractivity contribution >= 4 is 33.1 Å². The largest absolute Gasteiger partial charge is 0.495 e. The standard InChI is InChI=1S/C26H25N3O3S/c1-16(24(30)27-19-13-7-8-14-20(19)32-2)29-23(17-10-4-3-5-11-17)28-25-22(26(29)31)18-12-6-9-15-21(18)33-25/h3-5,7-8,10-11,13-14,16H,6,9,12,15H2,1-2H3,(H,27,30). The molecule has 2 heterocycles. The van der Waals surface area contributed by atoms with E-state index >= 15 is 0 Å². The van der Waals surface area contributed by atoms with Gasteiger partial charge in [0.05, 0.1) is 18.2 Å². The van der Waals surface area contributed by atoms with Crippen molar-refractivity contribution in [1.82, 2.24) is 9.55 Å². The molecule has 1 amide bonds. The Labute approximate surface area is 195 Å². The van der Waals surface area contributed by atoms with Gasteiger partial charge in [-0.3, -0.25) is 14.2 Å². The van der Waals surface area contributed by atoms with Crippen LogP contribution in [0.4, 0.5) is 5.69 Å². The minimum absolute atomic E-state index is 0.152. The molecule has 1 unspecified atom stereocenters. The normalized spacial score (nSPS) is 14.0. The number of aromatic nitrogens is 2. The van der Waals surface area contributed by atoms with Gasteiger partial charge >= 0.3 is 0 Å². The maximum Gasteiger partial charge on any atom is 0.263 e. The molecule has 0 aliphatic heterocycles. The lowest BCUT2D eigenvalue weighted by molar-refractivity contribution is -0.118. The fourth-order valence-corrected chi connectivity index (χ4v) is 5.72. The molecule has 1 N–H and O–H groups in total. The van der Waals surface area contributed by atoms with Crippen molar-refractivity contribution in [2.75, 3.05) is 12.4 Å². The number of rotatable bonds is 5. The molecule has 5 rings (SSSR count). The van der Waals surface area contributed by atoms with E-state index in [0.717, 1.165) is 41.6 Å². The molecule has 1 atom stereocenters. The summed E-state index contributed by atoms with van der Waals surface area (Å²) in [5, 5.41) is 3.59. The lowest BCUT2D eigenvalue weighted by atomic mass is 9.97. The minimum atomic E-state index is -0.770. The number of methoxy groups -OCH3 is 1. The number of fused-ring (bicyclic) bond motifs is 3. The number of amides is 1. The van der Waals surface area contributed by atoms with E-state index < -0.39 is 6.04 Å². The molecule has 0 fully saturated rings. The van der Waals surface area contributed by atoms with Gasteiger partial charge in [0.1, 0.15) is 22.4 Å². The summed E-state index contributed by atoms with van der Waals surface area (Å²) in [6.07, 6.45) is 4.08. The van der Waals surface area contributed by atoms with Gasteiger partial charge in [0.2, 0.25) is 5.91 Å². The first-order valence-corrected chi connectivity index (χ1v) is 12.0. The zero-order chi connectivity index (χ0) is 22.9. The molecule has 4 aromatic rings. The lowest BCUT2D eigenvalue weighted by Gasteiger charge is -2.20. The number of hydrogen-bond acceptors (Lipinski definition) is 5. The SMILES string of the molecule is COc1ccccc1NC(=O)C(C)n1c(-c2ccccc2)nc2sc3c(c2c1=O)CCCC3. The van der Waals surface area contributed by atoms with Gasteiger partial charge in [-0.15, -0.1) is 11.3 Å². The third kappa shape index (κ3) is 3.82. The Morgan fingerprint density at radius 2 is 1.82 bits per heavy atom. The molecule has 6 nitrogen and oxygen atoms in total. The third-order valence-electron chi connectivity index (χ3n) is 6.18. The zero-order valence-corrected chi connectivity index (χ0v) is 19.4. The molecule has 0 saturated carbocycles. The average Bonchev–Trinajstić information content (AvgIpc) is 3.23. The number of carbonyl (C=O) groups excluding carboxylic acids is 1. The van der Waals surface area contributed by atoms with Gasteiger partial charge in [-0.25, -0.2) is 4.98 Å². The molecule has 0 bridgehead atoms. The number of benzene rings is 2. The molecular weight excluding hydrogens is 434 g/mol. The summed E-state index contributed by atoms with van der Waals surface area (Å²) in [5.74, 6) is 0.771. The molecule has 1 aliphatic rings. The number of para-hydroxylation sites is 2. The lowest BCUT2D eigenvalue weighted by Crippen LogP contribution is -2.33. The van der Waals surface area contributed by atoms with Gasteiger partial charge in [0.25, 0.3) is 5.56 Å². The Morgan fingerprint density at radius 1 is 1.09 bits per heavy atom. The van der Waals surface area contributed by atoms with Crippen LogP contribution in [0, 0.1) is 0 Å². The van der Waals surface area contributed by atoms with Crippen LogP contribution in [0.15, 0.2) is 59.4 Å². The van der Waals surface area contributed by atoms with Crippen LogP contribution in [0.5, 0.6) is 5.75 Å². The van der Waals surface area contributed by atoms with Gasteiger partial charge in [0.15, 0.2) is 0 Å². The van der Waals surface area contributed by atoms with E-state index in [1.807, 2.05) is 42.5 Å². The summed E-state index contributed by atoms with van der Waals surface area (Å²) in [4.78, 5) is 34.2. The maximum atomic E-state index is 13.9. The molecule has 2 aromatic carbocycles. The van der Waals surface area contributed by atoms with Crippen molar-refractivity contribution in [2.45, 2.75) is 38.6 Å². The molecule has 0 spiro atoms. The Balaban J connectivity index is 1.66. The van der Waals surface area contributed by atoms with Crippen LogP contribution in [0.25, 0.3) is 21.6 Å². The first kappa shape index (κ1) is 21.4. The maximum absolute atomic E-state index is 13.9. The van der Waals surface area contributed by atoms with Gasteiger partial charge in [-0.05, 0) is 50.3 Å². The first-order valence-electron chi connectivity index (χ1n) is 11.1. The van der Waals surface area contributed by atoms with Gasteiger partial charge in [0, 0.05) is 10.4 Å². The molecule has 168 valence electrons. The number of thiophene rings is 1. The van der Waals surface area contributed by atoms with Crippen LogP contribution >= 0.6 is 11.3 Å². The van der Waals surface area contributed by atoms with E-state index in [0.29, 0.717) is 22.6 Å². The van der Waals surface area contributed by atoms with Crippen molar-refractivity contribution in [3.8, 4) is 17.1 Å². The Bertz CT molecular complexity index is 1390. The highest BCUT2D eigenvalue weighted by atomic mass is 32.1. The number of carbonyl (C=O) groups is 1. The summed E-state index contributed by atoms with van der Waals surface area (Å²) in [6.45, 7) is 1.74. The summed E-state index contributed by atoms with van der Waals surface area (Å²) in [6, 6.07) is 16.0. The van der Waals surface area contributed by atoms with Crippen molar-refractivity contribution in [2.24, 2.45) is 0 Å². The van der Waals surface area contributed by atoms with Crippen LogP contribution in [-0.4, -0.2) is 22.6 Å². The molecule has 7 heteroatoms. The molecule has 33 heavy (non-hydrogen) atoms. The Kier molecular flexibility index (Phi) is 5.72. The van der Waals surface area contributed by atoms with E-state index in [4.69, 9.17) is 9.72 Å². The Hall–Kier alpha value is -3.45. The molecule has 1 aliphatic carbocycles. The van der Waals surface area contributed by atoms with E-state index in [1.54, 1.807) is 42.1 Å². The van der Waals surface area contributed by atoms with Crippen molar-refractivity contribution in [3.05, 3.63) is 75.4 Å². The highest BCUT2D eigenvalue weighted by Gasteiger charge is 2.27. The number of aryl methyl sites for hydroxylation is 2. The number of nitrogens with one attached hydrogen (secondary N) is 1. The van der Waals surface area contributed by atoms with E-state index in [1.165, 1.54) is 4.88 Å². The predicted molar refractivity (Wildman–Crippen MR) is 132 cm³/mol. The number of anilines is 1. The van der Waals surface area contributed by atoms with Crippen molar-refractivity contribution in [3.63, 3.8) is 0 Å². The van der Waals surface area contributed by atoms with Crippen LogP contribution in [-0.2, 0) is 17.6 Å². The monoisotopic (exact) mass is 459 g/mol. The second kappa shape index (κ2) is 8.83. The topological polar surface area (TPSA) is 73.2 Å². The predicted octanol–water partition coefficient (Wildman–Crippen LogP) is 5.21.